The lowest BCUT2D eigenvalue weighted by molar-refractivity contribution is -0.124. The highest BCUT2D eigenvalue weighted by Crippen LogP contribution is 1.95. The standard InChI is InChI=1S/C8H17N3.C4H5NO2/c1-4-9-8-10-6-5-7-11(2)3;6-3-1-2-4(7)5-3/h4-7H2,1-3H3;1-2H2,(H,5,6,7). The van der Waals surface area contributed by atoms with Crippen LogP contribution < -0.4 is 5.32 Å². The summed E-state index contributed by atoms with van der Waals surface area (Å²) < 4.78 is 0. The molecule has 1 rings (SSSR count). The molecule has 0 saturated carbocycles. The van der Waals surface area contributed by atoms with Crippen LogP contribution in [0, 0.1) is 0 Å². The minimum Gasteiger partial charge on any atom is -0.309 e. The molecule has 1 heterocycles. The van der Waals surface area contributed by atoms with Crippen molar-refractivity contribution in [3.8, 4) is 0 Å². The second-order valence-electron chi connectivity index (χ2n) is 4.08. The van der Waals surface area contributed by atoms with Gasteiger partial charge in [-0.2, -0.15) is 0 Å². The summed E-state index contributed by atoms with van der Waals surface area (Å²) in [7, 11) is 4.12. The highest BCUT2D eigenvalue weighted by molar-refractivity contribution is 6.01. The average Bonchev–Trinajstić information content (AvgIpc) is 2.68. The number of carbonyl (C=O) groups is 2. The molecule has 0 aromatic rings. The summed E-state index contributed by atoms with van der Waals surface area (Å²) in [6, 6.07) is 2.64. The third-order valence-corrected chi connectivity index (χ3v) is 2.03. The number of hydrogen-bond acceptors (Lipinski definition) is 5. The van der Waals surface area contributed by atoms with Gasteiger partial charge in [0, 0.05) is 19.4 Å². The summed E-state index contributed by atoms with van der Waals surface area (Å²) in [5, 5.41) is 2.14. The van der Waals surface area contributed by atoms with Crippen LogP contribution in [0.2, 0.25) is 0 Å². The molecule has 1 saturated heterocycles. The fraction of sp³-hybridized carbons (Fsp3) is 0.750. The fourth-order valence-corrected chi connectivity index (χ4v) is 1.14. The molecular formula is C12H22N4O2. The highest BCUT2D eigenvalue weighted by atomic mass is 16.2. The van der Waals surface area contributed by atoms with Gasteiger partial charge in [-0.05, 0) is 34.0 Å². The predicted molar refractivity (Wildman–Crippen MR) is 70.8 cm³/mol. The number of aliphatic imine (C=N–C) groups is 2. The Morgan fingerprint density at radius 3 is 2.22 bits per heavy atom. The van der Waals surface area contributed by atoms with Crippen LogP contribution in [0.25, 0.3) is 0 Å². The predicted octanol–water partition coefficient (Wildman–Crippen LogP) is 0.555. The molecule has 1 fully saturated rings. The third-order valence-electron chi connectivity index (χ3n) is 2.03. The maximum absolute atomic E-state index is 10.1. The molecule has 0 aromatic heterocycles. The summed E-state index contributed by atoms with van der Waals surface area (Å²) in [5.41, 5.74) is 0. The van der Waals surface area contributed by atoms with Crippen molar-refractivity contribution >= 4 is 17.8 Å². The molecule has 6 nitrogen and oxygen atoms in total. The Bertz CT molecular complexity index is 306. The molecule has 0 unspecified atom stereocenters. The molecule has 0 radical (unpaired) electrons. The van der Waals surface area contributed by atoms with E-state index in [1.807, 2.05) is 6.92 Å². The largest absolute Gasteiger partial charge is 0.309 e. The molecule has 0 bridgehead atoms. The smallest absolute Gasteiger partial charge is 0.227 e. The van der Waals surface area contributed by atoms with Crippen LogP contribution in [0.15, 0.2) is 9.98 Å². The second-order valence-corrected chi connectivity index (χ2v) is 4.08. The van der Waals surface area contributed by atoms with Crippen LogP contribution in [0.4, 0.5) is 0 Å². The lowest BCUT2D eigenvalue weighted by Gasteiger charge is -2.05. The topological polar surface area (TPSA) is 74.1 Å². The van der Waals surface area contributed by atoms with E-state index >= 15 is 0 Å². The van der Waals surface area contributed by atoms with E-state index in [9.17, 15) is 9.59 Å². The Hall–Kier alpha value is -1.52. The van der Waals surface area contributed by atoms with E-state index < -0.39 is 0 Å². The van der Waals surface area contributed by atoms with Gasteiger partial charge in [0.1, 0.15) is 0 Å². The van der Waals surface area contributed by atoms with E-state index in [-0.39, 0.29) is 11.8 Å². The van der Waals surface area contributed by atoms with Gasteiger partial charge < -0.3 is 4.90 Å². The minimum atomic E-state index is -0.148. The van der Waals surface area contributed by atoms with Gasteiger partial charge in [-0.15, -0.1) is 0 Å². The van der Waals surface area contributed by atoms with Crippen molar-refractivity contribution in [2.24, 2.45) is 9.98 Å². The summed E-state index contributed by atoms with van der Waals surface area (Å²) in [6.07, 6.45) is 1.83. The Labute approximate surface area is 108 Å². The SMILES string of the molecule is CCN=C=NCCCN(C)C.O=C1CCC(=O)N1. The maximum Gasteiger partial charge on any atom is 0.227 e. The van der Waals surface area contributed by atoms with Crippen LogP contribution in [-0.2, 0) is 9.59 Å². The van der Waals surface area contributed by atoms with E-state index in [1.54, 1.807) is 0 Å². The molecule has 1 aliphatic rings. The van der Waals surface area contributed by atoms with Gasteiger partial charge >= 0.3 is 0 Å². The molecule has 0 aliphatic carbocycles. The zero-order chi connectivity index (χ0) is 13.8. The van der Waals surface area contributed by atoms with Gasteiger partial charge in [0.25, 0.3) is 0 Å². The first kappa shape index (κ1) is 16.5. The fourth-order valence-electron chi connectivity index (χ4n) is 1.14. The van der Waals surface area contributed by atoms with Crippen LogP contribution in [0.5, 0.6) is 0 Å². The van der Waals surface area contributed by atoms with E-state index in [1.165, 1.54) is 0 Å². The van der Waals surface area contributed by atoms with Crippen LogP contribution in [-0.4, -0.2) is 56.5 Å². The number of nitrogens with zero attached hydrogens (tertiary/aromatic N) is 3. The molecule has 18 heavy (non-hydrogen) atoms. The number of nitrogens with one attached hydrogen (secondary N) is 1. The summed E-state index contributed by atoms with van der Waals surface area (Å²) in [6.45, 7) is 4.67. The molecular weight excluding hydrogens is 232 g/mol. The highest BCUT2D eigenvalue weighted by Gasteiger charge is 2.15. The van der Waals surface area contributed by atoms with Crippen LogP contribution in [0.3, 0.4) is 0 Å². The van der Waals surface area contributed by atoms with Gasteiger partial charge in [-0.25, -0.2) is 9.98 Å². The van der Waals surface area contributed by atoms with E-state index in [0.29, 0.717) is 12.8 Å². The Balaban J connectivity index is 0.000000351. The van der Waals surface area contributed by atoms with E-state index in [4.69, 9.17) is 0 Å². The van der Waals surface area contributed by atoms with Gasteiger partial charge in [0.05, 0.1) is 12.6 Å². The van der Waals surface area contributed by atoms with Crippen molar-refractivity contribution in [1.82, 2.24) is 10.2 Å². The monoisotopic (exact) mass is 254 g/mol. The first-order chi connectivity index (χ1) is 8.56. The quantitative estimate of drug-likeness (QED) is 0.442. The van der Waals surface area contributed by atoms with Crippen molar-refractivity contribution in [3.05, 3.63) is 0 Å². The van der Waals surface area contributed by atoms with Crippen molar-refractivity contribution in [2.75, 3.05) is 33.7 Å². The minimum absolute atomic E-state index is 0.148. The molecule has 0 spiro atoms. The number of imide groups is 1. The van der Waals surface area contributed by atoms with Crippen molar-refractivity contribution in [3.63, 3.8) is 0 Å². The average molecular weight is 254 g/mol. The van der Waals surface area contributed by atoms with Gasteiger partial charge in [-0.1, -0.05) is 0 Å². The van der Waals surface area contributed by atoms with Crippen molar-refractivity contribution in [2.45, 2.75) is 26.2 Å². The van der Waals surface area contributed by atoms with Gasteiger partial charge in [0.15, 0.2) is 0 Å². The van der Waals surface area contributed by atoms with Crippen molar-refractivity contribution in [1.29, 1.82) is 0 Å². The Kier molecular flexibility index (Phi) is 9.73. The Morgan fingerprint density at radius 2 is 1.83 bits per heavy atom. The maximum atomic E-state index is 10.1. The first-order valence-electron chi connectivity index (χ1n) is 6.11. The summed E-state index contributed by atoms with van der Waals surface area (Å²) in [4.78, 5) is 30.2. The second kappa shape index (κ2) is 10.6. The Morgan fingerprint density at radius 1 is 1.22 bits per heavy atom. The number of rotatable bonds is 5. The third kappa shape index (κ3) is 11.0. The number of carbonyl (C=O) groups excluding carboxylic acids is 2. The summed E-state index contributed by atoms with van der Waals surface area (Å²) >= 11 is 0. The molecule has 1 N–H and O–H groups in total. The van der Waals surface area contributed by atoms with Crippen molar-refractivity contribution < 1.29 is 9.59 Å². The van der Waals surface area contributed by atoms with E-state index in [2.05, 4.69) is 40.3 Å². The first-order valence-corrected chi connectivity index (χ1v) is 6.11. The number of hydrogen-bond donors (Lipinski definition) is 1. The molecule has 1 aliphatic heterocycles. The molecule has 0 aromatic carbocycles. The lowest BCUT2D eigenvalue weighted by Crippen LogP contribution is -2.18. The zero-order valence-electron chi connectivity index (χ0n) is 11.4. The molecule has 102 valence electrons. The van der Waals surface area contributed by atoms with Crippen LogP contribution >= 0.6 is 0 Å². The normalized spacial score (nSPS) is 13.6. The van der Waals surface area contributed by atoms with E-state index in [0.717, 1.165) is 26.1 Å². The molecule has 2 amide bonds. The van der Waals surface area contributed by atoms with Crippen LogP contribution in [0.1, 0.15) is 26.2 Å². The van der Waals surface area contributed by atoms with Gasteiger partial charge in [-0.3, -0.25) is 14.9 Å². The summed E-state index contributed by atoms with van der Waals surface area (Å²) in [5.74, 6) is -0.296. The number of amides is 2. The zero-order valence-corrected chi connectivity index (χ0v) is 11.4. The van der Waals surface area contributed by atoms with Gasteiger partial charge in [0.2, 0.25) is 11.8 Å². The molecule has 6 heteroatoms. The molecule has 0 atom stereocenters. The lowest BCUT2D eigenvalue weighted by atomic mass is 10.4.